The highest BCUT2D eigenvalue weighted by atomic mass is 79.9. The van der Waals surface area contributed by atoms with E-state index in [-0.39, 0.29) is 5.46 Å². The monoisotopic (exact) mass is 848 g/mol. The van der Waals surface area contributed by atoms with E-state index >= 15 is 0 Å². The topological polar surface area (TPSA) is 58.9 Å². The van der Waals surface area contributed by atoms with E-state index in [1.807, 2.05) is 66.7 Å². The molecule has 4 aromatic rings. The smallest absolute Gasteiger partial charge is 0.489 e. The summed E-state index contributed by atoms with van der Waals surface area (Å²) < 4.78 is 15.6. The van der Waals surface area contributed by atoms with Crippen molar-refractivity contribution in [1.29, 1.82) is 0 Å². The zero-order chi connectivity index (χ0) is 32.9. The summed E-state index contributed by atoms with van der Waals surface area (Å²) in [6.45, 7) is 0.933. The molecular formula is C36H34BBr3Cl2O4. The number of benzene rings is 4. The van der Waals surface area contributed by atoms with Gasteiger partial charge in [-0.25, -0.2) is 0 Å². The Labute approximate surface area is 307 Å². The van der Waals surface area contributed by atoms with Crippen molar-refractivity contribution in [2.75, 3.05) is 0 Å². The van der Waals surface area contributed by atoms with Crippen molar-refractivity contribution in [3.05, 3.63) is 137 Å². The average Bonchev–Trinajstić information content (AvgIpc) is 3.67. The van der Waals surface area contributed by atoms with Gasteiger partial charge in [-0.15, -0.1) is 0 Å². The van der Waals surface area contributed by atoms with Gasteiger partial charge in [-0.1, -0.05) is 132 Å². The quantitative estimate of drug-likeness (QED) is 0.173. The summed E-state index contributed by atoms with van der Waals surface area (Å²) >= 11 is 22.5. The first kappa shape index (κ1) is 36.8. The lowest BCUT2D eigenvalue weighted by atomic mass is 9.79. The van der Waals surface area contributed by atoms with Crippen molar-refractivity contribution in [2.24, 2.45) is 0 Å². The first-order chi connectivity index (χ1) is 22.2. The van der Waals surface area contributed by atoms with E-state index in [2.05, 4.69) is 59.9 Å². The van der Waals surface area contributed by atoms with Crippen LogP contribution in [-0.2, 0) is 13.2 Å². The van der Waals surface area contributed by atoms with E-state index < -0.39 is 7.12 Å². The van der Waals surface area contributed by atoms with E-state index in [9.17, 15) is 10.0 Å². The van der Waals surface area contributed by atoms with E-state index in [1.54, 1.807) is 12.1 Å². The lowest BCUT2D eigenvalue weighted by Gasteiger charge is -2.13. The summed E-state index contributed by atoms with van der Waals surface area (Å²) in [5, 5.41) is 19.7. The number of allylic oxidation sites excluding steroid dienone is 4. The van der Waals surface area contributed by atoms with Gasteiger partial charge in [0.1, 0.15) is 24.7 Å². The minimum atomic E-state index is -1.60. The van der Waals surface area contributed by atoms with Crippen molar-refractivity contribution in [2.45, 2.75) is 51.7 Å². The molecule has 0 spiro atoms. The van der Waals surface area contributed by atoms with Crippen LogP contribution in [0.2, 0.25) is 10.0 Å². The van der Waals surface area contributed by atoms with Crippen molar-refractivity contribution in [1.82, 2.24) is 0 Å². The van der Waals surface area contributed by atoms with Gasteiger partial charge in [0.15, 0.2) is 0 Å². The third-order valence-electron chi connectivity index (χ3n) is 7.23. The molecule has 2 aliphatic rings. The molecule has 0 saturated heterocycles. The van der Waals surface area contributed by atoms with E-state index in [0.717, 1.165) is 40.3 Å². The summed E-state index contributed by atoms with van der Waals surface area (Å²) in [7, 11) is -1.60. The van der Waals surface area contributed by atoms with Gasteiger partial charge in [-0.3, -0.25) is 0 Å². The molecule has 240 valence electrons. The Hall–Kier alpha value is -2.04. The van der Waals surface area contributed by atoms with Gasteiger partial charge in [0.2, 0.25) is 0 Å². The van der Waals surface area contributed by atoms with Crippen LogP contribution < -0.4 is 14.9 Å². The van der Waals surface area contributed by atoms with Crippen molar-refractivity contribution < 1.29 is 19.5 Å². The third-order valence-corrected chi connectivity index (χ3v) is 10.9. The largest absolute Gasteiger partial charge is 0.492 e. The molecule has 0 radical (unpaired) electrons. The van der Waals surface area contributed by atoms with Crippen LogP contribution in [-0.4, -0.2) is 17.2 Å². The molecule has 4 aromatic carbocycles. The first-order valence-electron chi connectivity index (χ1n) is 14.9. The van der Waals surface area contributed by atoms with Gasteiger partial charge >= 0.3 is 7.12 Å². The van der Waals surface area contributed by atoms with Gasteiger partial charge in [0, 0.05) is 30.0 Å². The summed E-state index contributed by atoms with van der Waals surface area (Å²) in [5.41, 5.74) is 4.87. The molecule has 0 aliphatic heterocycles. The van der Waals surface area contributed by atoms with Gasteiger partial charge in [-0.05, 0) is 96.1 Å². The molecule has 0 heterocycles. The molecular weight excluding hydrogens is 818 g/mol. The number of hydrogen-bond donors (Lipinski definition) is 2. The number of rotatable bonds is 8. The summed E-state index contributed by atoms with van der Waals surface area (Å²) in [4.78, 5) is 0. The van der Waals surface area contributed by atoms with Crippen molar-refractivity contribution in [3.8, 4) is 11.5 Å². The Kier molecular flexibility index (Phi) is 15.3. The van der Waals surface area contributed by atoms with Gasteiger partial charge in [-0.2, -0.15) is 0 Å². The fourth-order valence-electron chi connectivity index (χ4n) is 4.84. The highest BCUT2D eigenvalue weighted by Gasteiger charge is 2.19. The maximum Gasteiger partial charge on any atom is 0.492 e. The third kappa shape index (κ3) is 11.6. The number of ether oxygens (including phenoxy) is 2. The zero-order valence-electron chi connectivity index (χ0n) is 25.1. The Morgan fingerprint density at radius 3 is 1.54 bits per heavy atom. The SMILES string of the molecule is BrC1=C(Br)CCC1.Clc1ccc(OCc2ccccc2)c(C2=C(Br)CCC2)c1.OB(O)c1cc(Cl)ccc1OCc1ccccc1. The van der Waals surface area contributed by atoms with Crippen LogP contribution >= 0.6 is 71.0 Å². The summed E-state index contributed by atoms with van der Waals surface area (Å²) in [6, 6.07) is 30.4. The lowest BCUT2D eigenvalue weighted by Crippen LogP contribution is -2.31. The predicted octanol–water partition coefficient (Wildman–Crippen LogP) is 11.0. The number of halogens is 5. The fraction of sp³-hybridized carbons (Fsp3) is 0.222. The van der Waals surface area contributed by atoms with Crippen LogP contribution in [0.25, 0.3) is 5.57 Å². The molecule has 0 unspecified atom stereocenters. The van der Waals surface area contributed by atoms with E-state index in [4.69, 9.17) is 32.7 Å². The summed E-state index contributed by atoms with van der Waals surface area (Å²) in [6.07, 6.45) is 7.10. The second kappa shape index (κ2) is 19.1. The molecule has 0 fully saturated rings. The number of hydrogen-bond acceptors (Lipinski definition) is 4. The molecule has 6 rings (SSSR count). The normalized spacial score (nSPS) is 13.9. The Balaban J connectivity index is 0.000000174. The minimum absolute atomic E-state index is 0.262. The molecule has 0 saturated carbocycles. The molecule has 2 N–H and O–H groups in total. The Morgan fingerprint density at radius 1 is 0.587 bits per heavy atom. The fourth-order valence-corrected chi connectivity index (χ4v) is 6.85. The second-order valence-corrected chi connectivity index (χ2v) is 14.4. The van der Waals surface area contributed by atoms with Crippen molar-refractivity contribution >= 4 is 89.1 Å². The molecule has 10 heteroatoms. The Bertz CT molecular complexity index is 1620. The lowest BCUT2D eigenvalue weighted by molar-refractivity contribution is 0.305. The van der Waals surface area contributed by atoms with Crippen LogP contribution in [0.15, 0.2) is 111 Å². The van der Waals surface area contributed by atoms with E-state index in [1.165, 1.54) is 50.8 Å². The van der Waals surface area contributed by atoms with Gasteiger partial charge < -0.3 is 19.5 Å². The van der Waals surface area contributed by atoms with Gasteiger partial charge in [0.25, 0.3) is 0 Å². The van der Waals surface area contributed by atoms with E-state index in [0.29, 0.717) is 24.0 Å². The molecule has 2 aliphatic carbocycles. The maximum absolute atomic E-state index is 9.24. The highest BCUT2D eigenvalue weighted by molar-refractivity contribution is 9.14. The minimum Gasteiger partial charge on any atom is -0.489 e. The highest BCUT2D eigenvalue weighted by Crippen LogP contribution is 2.41. The molecule has 0 aromatic heterocycles. The standard InChI is InChI=1S/C18H16BrClO.C13H12BClO3.C5H6Br2/c19-17-8-4-7-15(17)16-11-14(20)9-10-18(16)21-12-13-5-2-1-3-6-13;15-11-6-7-13(12(8-11)14(16)17)18-9-10-4-2-1-3-5-10;6-4-2-1-3-5(4)7/h1-3,5-6,9-11H,4,7-8,12H2;1-8,16-17H,9H2;1-3H2. The molecule has 0 bridgehead atoms. The first-order valence-corrected chi connectivity index (χ1v) is 18.0. The van der Waals surface area contributed by atoms with Crippen LogP contribution in [0.4, 0.5) is 0 Å². The van der Waals surface area contributed by atoms with Crippen molar-refractivity contribution in [3.63, 3.8) is 0 Å². The van der Waals surface area contributed by atoms with Crippen LogP contribution in [0, 0.1) is 0 Å². The molecule has 0 amide bonds. The average molecular weight is 852 g/mol. The Morgan fingerprint density at radius 2 is 1.07 bits per heavy atom. The van der Waals surface area contributed by atoms with Crippen LogP contribution in [0.1, 0.15) is 55.2 Å². The second-order valence-electron chi connectivity index (χ2n) is 10.6. The molecule has 46 heavy (non-hydrogen) atoms. The van der Waals surface area contributed by atoms with Crippen LogP contribution in [0.3, 0.4) is 0 Å². The summed E-state index contributed by atoms with van der Waals surface area (Å²) in [5.74, 6) is 1.32. The predicted molar refractivity (Wildman–Crippen MR) is 203 cm³/mol. The molecule has 4 nitrogen and oxygen atoms in total. The zero-order valence-corrected chi connectivity index (χ0v) is 31.3. The molecule has 0 atom stereocenters. The van der Waals surface area contributed by atoms with Gasteiger partial charge in [0.05, 0.1) is 0 Å². The maximum atomic E-state index is 9.24. The van der Waals surface area contributed by atoms with Crippen LogP contribution in [0.5, 0.6) is 11.5 Å².